The van der Waals surface area contributed by atoms with Gasteiger partial charge in [0.2, 0.25) is 0 Å². The molecule has 8 heteroatoms. The fourth-order valence-electron chi connectivity index (χ4n) is 5.68. The van der Waals surface area contributed by atoms with Crippen molar-refractivity contribution in [2.45, 2.75) is 59.0 Å². The molecule has 0 bridgehead atoms. The summed E-state index contributed by atoms with van der Waals surface area (Å²) in [6.45, 7) is 7.28. The second-order valence-corrected chi connectivity index (χ2v) is 10.4. The Kier molecular flexibility index (Phi) is 5.84. The Hall–Kier alpha value is -3.52. The molecule has 0 aromatic carbocycles. The number of rotatable bonds is 6. The zero-order valence-electron chi connectivity index (χ0n) is 21.1. The van der Waals surface area contributed by atoms with Gasteiger partial charge >= 0.3 is 0 Å². The first-order valence-corrected chi connectivity index (χ1v) is 12.7. The summed E-state index contributed by atoms with van der Waals surface area (Å²) < 4.78 is 14.3. The van der Waals surface area contributed by atoms with Crippen LogP contribution >= 0.6 is 0 Å². The molecule has 1 N–H and O–H groups in total. The number of aryl methyl sites for hydroxylation is 3. The van der Waals surface area contributed by atoms with Gasteiger partial charge in [-0.1, -0.05) is 12.8 Å². The van der Waals surface area contributed by atoms with Crippen LogP contribution in [0.1, 0.15) is 49.3 Å². The van der Waals surface area contributed by atoms with Gasteiger partial charge in [-0.2, -0.15) is 5.10 Å². The molecule has 186 valence electrons. The zero-order valence-corrected chi connectivity index (χ0v) is 21.1. The normalized spacial score (nSPS) is 18.8. The highest BCUT2D eigenvalue weighted by Crippen LogP contribution is 2.46. The van der Waals surface area contributed by atoms with Gasteiger partial charge in [0.15, 0.2) is 5.82 Å². The molecule has 1 aliphatic carbocycles. The molecule has 1 atom stereocenters. The standard InChI is InChI=1S/C28H32N6O2/c1-18-10-24(25(15-29-18)35-16-23-14-28(17-36-23)7-4-5-8-28)21-6-9-34-22(12-21)13-27(33-34)32-26-11-19(2)30-20(3)31-26/h6,9-13,15,23H,4-5,7-8,14,16-17H2,1-3H3,(H,30,31,32,33)/t23-/m0/s1. The molecular weight excluding hydrogens is 452 g/mol. The molecule has 8 nitrogen and oxygen atoms in total. The average molecular weight is 485 g/mol. The molecule has 1 aliphatic heterocycles. The third-order valence-electron chi connectivity index (χ3n) is 7.38. The van der Waals surface area contributed by atoms with E-state index >= 15 is 0 Å². The van der Waals surface area contributed by atoms with Crippen LogP contribution in [0.25, 0.3) is 16.6 Å². The second kappa shape index (κ2) is 9.17. The molecule has 2 fully saturated rings. The molecule has 2 aliphatic rings. The minimum Gasteiger partial charge on any atom is -0.489 e. The minimum absolute atomic E-state index is 0.150. The van der Waals surface area contributed by atoms with Gasteiger partial charge in [-0.25, -0.2) is 14.5 Å². The molecule has 36 heavy (non-hydrogen) atoms. The Morgan fingerprint density at radius 1 is 1.06 bits per heavy atom. The number of nitrogens with one attached hydrogen (secondary N) is 1. The highest BCUT2D eigenvalue weighted by atomic mass is 16.5. The third kappa shape index (κ3) is 4.65. The Morgan fingerprint density at radius 2 is 1.92 bits per heavy atom. The van der Waals surface area contributed by atoms with Crippen molar-refractivity contribution in [1.82, 2.24) is 24.6 Å². The van der Waals surface area contributed by atoms with E-state index in [2.05, 4.69) is 43.6 Å². The first-order valence-electron chi connectivity index (χ1n) is 12.7. The maximum Gasteiger partial charge on any atom is 0.154 e. The van der Waals surface area contributed by atoms with Gasteiger partial charge in [0, 0.05) is 35.3 Å². The van der Waals surface area contributed by atoms with E-state index in [0.29, 0.717) is 12.0 Å². The van der Waals surface area contributed by atoms with Gasteiger partial charge in [0.05, 0.1) is 24.4 Å². The van der Waals surface area contributed by atoms with E-state index in [0.717, 1.165) is 64.3 Å². The lowest BCUT2D eigenvalue weighted by molar-refractivity contribution is 0.0608. The van der Waals surface area contributed by atoms with Crippen LogP contribution in [-0.2, 0) is 4.74 Å². The fourth-order valence-corrected chi connectivity index (χ4v) is 5.68. The van der Waals surface area contributed by atoms with E-state index in [9.17, 15) is 0 Å². The van der Waals surface area contributed by atoms with Crippen LogP contribution in [0.5, 0.6) is 5.75 Å². The highest BCUT2D eigenvalue weighted by molar-refractivity contribution is 5.75. The van der Waals surface area contributed by atoms with Gasteiger partial charge in [-0.15, -0.1) is 0 Å². The lowest BCUT2D eigenvalue weighted by Crippen LogP contribution is -2.19. The molecule has 4 aromatic heterocycles. The SMILES string of the molecule is Cc1cc(-c2ccn3nc(Nc4cc(C)nc(C)n4)cc3c2)c(OC[C@@H]2CC3(CCCC3)CO2)cn1. The summed E-state index contributed by atoms with van der Waals surface area (Å²) in [5.74, 6) is 2.97. The lowest BCUT2D eigenvalue weighted by Gasteiger charge is -2.20. The van der Waals surface area contributed by atoms with Crippen molar-refractivity contribution in [1.29, 1.82) is 0 Å². The Balaban J connectivity index is 1.22. The summed E-state index contributed by atoms with van der Waals surface area (Å²) >= 11 is 0. The van der Waals surface area contributed by atoms with Gasteiger partial charge in [0.25, 0.3) is 0 Å². The van der Waals surface area contributed by atoms with Gasteiger partial charge < -0.3 is 14.8 Å². The monoisotopic (exact) mass is 484 g/mol. The first-order chi connectivity index (χ1) is 17.4. The quantitative estimate of drug-likeness (QED) is 0.382. The number of ether oxygens (including phenoxy) is 2. The van der Waals surface area contributed by atoms with E-state index in [1.165, 1.54) is 25.7 Å². The minimum atomic E-state index is 0.150. The fraction of sp³-hybridized carbons (Fsp3) is 0.429. The predicted octanol–water partition coefficient (Wildman–Crippen LogP) is 5.58. The molecule has 1 saturated heterocycles. The Bertz CT molecular complexity index is 1390. The Morgan fingerprint density at radius 3 is 2.75 bits per heavy atom. The number of nitrogens with zero attached hydrogens (tertiary/aromatic N) is 5. The second-order valence-electron chi connectivity index (χ2n) is 10.4. The van der Waals surface area contributed by atoms with Crippen molar-refractivity contribution in [2.75, 3.05) is 18.5 Å². The summed E-state index contributed by atoms with van der Waals surface area (Å²) in [7, 11) is 0. The summed E-state index contributed by atoms with van der Waals surface area (Å²) in [5.41, 5.74) is 5.31. The van der Waals surface area contributed by atoms with E-state index in [1.54, 1.807) is 0 Å². The summed E-state index contributed by atoms with van der Waals surface area (Å²) in [4.78, 5) is 13.3. The summed E-state index contributed by atoms with van der Waals surface area (Å²) in [5, 5.41) is 7.95. The molecule has 0 radical (unpaired) electrons. The van der Waals surface area contributed by atoms with E-state index in [4.69, 9.17) is 9.47 Å². The largest absolute Gasteiger partial charge is 0.489 e. The van der Waals surface area contributed by atoms with E-state index in [1.807, 2.05) is 49.8 Å². The van der Waals surface area contributed by atoms with Crippen molar-refractivity contribution in [2.24, 2.45) is 5.41 Å². The maximum absolute atomic E-state index is 6.32. The van der Waals surface area contributed by atoms with Crippen molar-refractivity contribution in [3.05, 3.63) is 59.9 Å². The number of aromatic nitrogens is 5. The predicted molar refractivity (Wildman–Crippen MR) is 139 cm³/mol. The van der Waals surface area contributed by atoms with E-state index in [-0.39, 0.29) is 6.10 Å². The van der Waals surface area contributed by atoms with Crippen LogP contribution in [0.15, 0.2) is 42.7 Å². The molecule has 6 rings (SSSR count). The van der Waals surface area contributed by atoms with Crippen LogP contribution < -0.4 is 10.1 Å². The number of fused-ring (bicyclic) bond motifs is 1. The smallest absolute Gasteiger partial charge is 0.154 e. The van der Waals surface area contributed by atoms with Crippen molar-refractivity contribution in [3.8, 4) is 16.9 Å². The van der Waals surface area contributed by atoms with Crippen LogP contribution in [0.3, 0.4) is 0 Å². The molecule has 0 amide bonds. The van der Waals surface area contributed by atoms with Crippen molar-refractivity contribution in [3.63, 3.8) is 0 Å². The summed E-state index contributed by atoms with van der Waals surface area (Å²) in [6, 6.07) is 10.2. The number of hydrogen-bond acceptors (Lipinski definition) is 7. The van der Waals surface area contributed by atoms with Crippen LogP contribution in [0.4, 0.5) is 11.6 Å². The number of hydrogen-bond donors (Lipinski definition) is 1. The zero-order chi connectivity index (χ0) is 24.7. The van der Waals surface area contributed by atoms with Gasteiger partial charge in [0.1, 0.15) is 24.0 Å². The summed E-state index contributed by atoms with van der Waals surface area (Å²) in [6.07, 6.45) is 10.3. The Labute approximate surface area is 211 Å². The number of pyridine rings is 2. The molecule has 5 heterocycles. The lowest BCUT2D eigenvalue weighted by atomic mass is 9.84. The third-order valence-corrected chi connectivity index (χ3v) is 7.38. The van der Waals surface area contributed by atoms with E-state index < -0.39 is 0 Å². The highest BCUT2D eigenvalue weighted by Gasteiger charge is 2.42. The molecule has 0 unspecified atom stereocenters. The van der Waals surface area contributed by atoms with Crippen molar-refractivity contribution >= 4 is 17.2 Å². The first kappa shape index (κ1) is 22.9. The molecule has 1 spiro atoms. The van der Waals surface area contributed by atoms with Crippen molar-refractivity contribution < 1.29 is 9.47 Å². The van der Waals surface area contributed by atoms with Gasteiger partial charge in [-0.05, 0) is 69.2 Å². The van der Waals surface area contributed by atoms with Gasteiger partial charge in [-0.3, -0.25) is 4.98 Å². The molecule has 1 saturated carbocycles. The van der Waals surface area contributed by atoms with Crippen LogP contribution in [0, 0.1) is 26.2 Å². The maximum atomic E-state index is 6.32. The molecular formula is C28H32N6O2. The number of anilines is 2. The topological polar surface area (TPSA) is 86.5 Å². The van der Waals surface area contributed by atoms with Crippen LogP contribution in [-0.4, -0.2) is 43.9 Å². The molecule has 4 aromatic rings. The average Bonchev–Trinajstić information content (AvgIpc) is 3.57. The van der Waals surface area contributed by atoms with Crippen LogP contribution in [0.2, 0.25) is 0 Å².